The number of ether oxygens (including phenoxy) is 5. The van der Waals surface area contributed by atoms with Crippen LogP contribution in [0.4, 0.5) is 4.79 Å². The summed E-state index contributed by atoms with van der Waals surface area (Å²) in [6.07, 6.45) is -0.526. The van der Waals surface area contributed by atoms with Crippen LogP contribution in [0.1, 0.15) is 37.7 Å². The molecule has 3 aliphatic heterocycles. The third-order valence-electron chi connectivity index (χ3n) is 8.37. The van der Waals surface area contributed by atoms with Gasteiger partial charge in [-0.1, -0.05) is 47.6 Å². The summed E-state index contributed by atoms with van der Waals surface area (Å²) in [5, 5.41) is 2.68. The van der Waals surface area contributed by atoms with Gasteiger partial charge in [-0.3, -0.25) is 9.36 Å². The first kappa shape index (κ1) is 33.1. The van der Waals surface area contributed by atoms with E-state index in [1.54, 1.807) is 30.3 Å². The smallest absolute Gasteiger partial charge is 0.454 e. The number of carbonyl (C=O) groups is 1. The van der Waals surface area contributed by atoms with Crippen LogP contribution >= 0.6 is 7.82 Å². The van der Waals surface area contributed by atoms with Crippen LogP contribution in [-0.2, 0) is 44.6 Å². The van der Waals surface area contributed by atoms with Crippen molar-refractivity contribution in [3.63, 3.8) is 0 Å². The lowest BCUT2D eigenvalue weighted by atomic mass is 10.0. The van der Waals surface area contributed by atoms with Gasteiger partial charge < -0.3 is 38.8 Å². The lowest BCUT2D eigenvalue weighted by Gasteiger charge is -2.33. The Labute approximate surface area is 266 Å². The average Bonchev–Trinajstić information content (AvgIpc) is 3.83. The molecule has 0 aromatic heterocycles. The van der Waals surface area contributed by atoms with Gasteiger partial charge in [0.2, 0.25) is 6.79 Å². The van der Waals surface area contributed by atoms with E-state index in [2.05, 4.69) is 5.32 Å². The predicted octanol–water partition coefficient (Wildman–Crippen LogP) is 2.86. The van der Waals surface area contributed by atoms with Crippen molar-refractivity contribution in [2.45, 2.75) is 74.1 Å². The summed E-state index contributed by atoms with van der Waals surface area (Å²) in [5.41, 5.74) is 0.683. The maximum Gasteiger partial charge on any atom is 0.469 e. The van der Waals surface area contributed by atoms with Gasteiger partial charge in [0, 0.05) is 6.07 Å². The molecule has 4 aliphatic rings. The molecule has 3 N–H and O–H groups in total. The zero-order chi connectivity index (χ0) is 32.3. The molecule has 2 aromatic rings. The highest BCUT2D eigenvalue weighted by Gasteiger charge is 2.45. The quantitative estimate of drug-likeness (QED) is 0.207. The summed E-state index contributed by atoms with van der Waals surface area (Å²) in [6, 6.07) is 11.7. The van der Waals surface area contributed by atoms with Gasteiger partial charge in [-0.15, -0.1) is 0 Å². The highest BCUT2D eigenvalue weighted by Crippen LogP contribution is 2.40. The van der Waals surface area contributed by atoms with E-state index < -0.39 is 61.1 Å². The topological polar surface area (TPSA) is 189 Å². The van der Waals surface area contributed by atoms with E-state index in [1.807, 2.05) is 0 Å². The molecule has 46 heavy (non-hydrogen) atoms. The summed E-state index contributed by atoms with van der Waals surface area (Å²) in [4.78, 5) is 39.0. The van der Waals surface area contributed by atoms with E-state index in [4.69, 9.17) is 33.0 Å². The van der Waals surface area contributed by atoms with Crippen LogP contribution in [0.2, 0.25) is 0 Å². The summed E-state index contributed by atoms with van der Waals surface area (Å²) in [7, 11) is -9.69. The molecule has 2 aromatic carbocycles. The number of nitrogens with zero attached hydrogens (tertiary/aromatic N) is 1. The molecular weight excluding hydrogens is 647 g/mol. The Morgan fingerprint density at radius 1 is 1.04 bits per heavy atom. The van der Waals surface area contributed by atoms with Gasteiger partial charge in [0.15, 0.2) is 17.8 Å². The molecule has 3 fully saturated rings. The van der Waals surface area contributed by atoms with Crippen molar-refractivity contribution in [1.82, 2.24) is 9.79 Å². The van der Waals surface area contributed by atoms with E-state index in [0.29, 0.717) is 41.7 Å². The second-order valence-electron chi connectivity index (χ2n) is 11.6. The van der Waals surface area contributed by atoms with Gasteiger partial charge in [-0.2, -0.15) is 0 Å². The Kier molecular flexibility index (Phi) is 10.2. The maximum absolute atomic E-state index is 14.1. The van der Waals surface area contributed by atoms with Crippen molar-refractivity contribution in [2.75, 3.05) is 26.6 Å². The number of hydroxylamine groups is 1. The Hall–Kier alpha value is -2.79. The molecule has 15 nitrogen and oxygen atoms in total. The van der Waals surface area contributed by atoms with Crippen LogP contribution in [0.5, 0.6) is 11.5 Å². The van der Waals surface area contributed by atoms with Gasteiger partial charge in [-0.25, -0.2) is 17.8 Å². The molecule has 6 rings (SSSR count). The molecule has 0 radical (unpaired) electrons. The first-order valence-electron chi connectivity index (χ1n) is 15.1. The largest absolute Gasteiger partial charge is 0.469 e. The maximum atomic E-state index is 14.1. The highest BCUT2D eigenvalue weighted by atomic mass is 32.2. The molecule has 3 heterocycles. The highest BCUT2D eigenvalue weighted by molar-refractivity contribution is 7.89. The monoisotopic (exact) mass is 684 g/mol. The molecule has 0 spiro atoms. The molecule has 0 unspecified atom stereocenters. The number of rotatable bonds is 13. The molecule has 252 valence electrons. The number of hydrogen-bond donors (Lipinski definition) is 3. The summed E-state index contributed by atoms with van der Waals surface area (Å²) in [6.45, 7) is -0.142. The van der Waals surface area contributed by atoms with Crippen molar-refractivity contribution in [3.8, 4) is 11.5 Å². The van der Waals surface area contributed by atoms with E-state index >= 15 is 0 Å². The van der Waals surface area contributed by atoms with Crippen LogP contribution in [0.25, 0.3) is 0 Å². The fraction of sp³-hybridized carbons (Fsp3) is 0.552. The lowest BCUT2D eigenvalue weighted by Crippen LogP contribution is -2.52. The fourth-order valence-corrected chi connectivity index (χ4v) is 7.96. The summed E-state index contributed by atoms with van der Waals surface area (Å²) < 4.78 is 73.8. The van der Waals surface area contributed by atoms with Gasteiger partial charge in [0.05, 0.1) is 42.7 Å². The average molecular weight is 685 g/mol. The molecule has 2 saturated heterocycles. The third-order valence-corrected chi connectivity index (χ3v) is 10.5. The lowest BCUT2D eigenvalue weighted by molar-refractivity contribution is -0.144. The molecule has 17 heteroatoms. The first-order chi connectivity index (χ1) is 22.0. The molecular formula is C29H37N2O13PS. The molecule has 5 atom stereocenters. The summed E-state index contributed by atoms with van der Waals surface area (Å²) in [5.74, 6) is 0.448. The van der Waals surface area contributed by atoms with Gasteiger partial charge in [-0.05, 0) is 43.4 Å². The zero-order valence-corrected chi connectivity index (χ0v) is 26.6. The first-order valence-corrected chi connectivity index (χ1v) is 18.1. The Morgan fingerprint density at radius 2 is 1.80 bits per heavy atom. The van der Waals surface area contributed by atoms with E-state index in [-0.39, 0.29) is 36.4 Å². The number of sulfonamides is 1. The SMILES string of the molecule is O=C(N[C@@H](Cc1ccccc1)[C@@H](CN(OC1CCCC1)S(=O)(=O)c1ccc2c(c1)OCO2)OP(=O)(O)O)O[C@H]1CO[C@H]2OCC[C@H]21. The number of phosphoric acid groups is 1. The molecule has 1 amide bonds. The van der Waals surface area contributed by atoms with Gasteiger partial charge in [0.25, 0.3) is 10.0 Å². The van der Waals surface area contributed by atoms with Crippen molar-refractivity contribution < 1.29 is 60.6 Å². The van der Waals surface area contributed by atoms with Crippen LogP contribution in [-0.4, -0.2) is 86.0 Å². The number of phosphoric ester groups is 1. The van der Waals surface area contributed by atoms with Crippen molar-refractivity contribution in [2.24, 2.45) is 5.92 Å². The van der Waals surface area contributed by atoms with Crippen LogP contribution in [0.3, 0.4) is 0 Å². The Balaban J connectivity index is 1.30. The molecule has 1 aliphatic carbocycles. The van der Waals surface area contributed by atoms with Crippen molar-refractivity contribution in [1.29, 1.82) is 0 Å². The number of nitrogens with one attached hydrogen (secondary N) is 1. The Bertz CT molecular complexity index is 1520. The minimum Gasteiger partial charge on any atom is -0.454 e. The minimum atomic E-state index is -5.24. The van der Waals surface area contributed by atoms with Crippen LogP contribution in [0, 0.1) is 5.92 Å². The van der Waals surface area contributed by atoms with Gasteiger partial charge >= 0.3 is 13.9 Å². The number of amides is 1. The molecule has 1 saturated carbocycles. The van der Waals surface area contributed by atoms with Gasteiger partial charge in [0.1, 0.15) is 12.2 Å². The number of alkyl carbamates (subject to hydrolysis) is 1. The second kappa shape index (κ2) is 14.1. The number of carbonyl (C=O) groups excluding carboxylic acids is 1. The predicted molar refractivity (Wildman–Crippen MR) is 158 cm³/mol. The molecule has 0 bridgehead atoms. The summed E-state index contributed by atoms with van der Waals surface area (Å²) >= 11 is 0. The standard InChI is InChI=1S/C29H37N2O13PS/c32-29(42-27-17-39-28-22(27)12-13-38-28)30-23(14-19-6-2-1-3-7-19)26(44-45(33,34)35)16-31(43-20-8-4-5-9-20)46(36,37)21-10-11-24-25(15-21)41-18-40-24/h1-3,6-7,10-11,15,20,22-23,26-28H,4-5,8-9,12-14,16-18H2,(H,30,32)(H2,33,34,35)/t22-,23-,26+,27-,28+/m0/s1. The number of benzene rings is 2. The number of hydrogen-bond acceptors (Lipinski definition) is 11. The third kappa shape index (κ3) is 8.01. The van der Waals surface area contributed by atoms with Crippen LogP contribution in [0.15, 0.2) is 53.4 Å². The zero-order valence-electron chi connectivity index (χ0n) is 24.8. The van der Waals surface area contributed by atoms with Crippen LogP contribution < -0.4 is 14.8 Å². The van der Waals surface area contributed by atoms with E-state index in [1.165, 1.54) is 18.2 Å². The van der Waals surface area contributed by atoms with E-state index in [9.17, 15) is 27.6 Å². The second-order valence-corrected chi connectivity index (χ2v) is 14.6. The van der Waals surface area contributed by atoms with Crippen molar-refractivity contribution in [3.05, 3.63) is 54.1 Å². The van der Waals surface area contributed by atoms with Crippen molar-refractivity contribution >= 4 is 23.9 Å². The minimum absolute atomic E-state index is 0.0122. The van der Waals surface area contributed by atoms with E-state index in [0.717, 1.165) is 12.8 Å². The normalized spacial score (nSPS) is 24.2. The fourth-order valence-electron chi connectivity index (χ4n) is 6.08. The number of fused-ring (bicyclic) bond motifs is 2. The Morgan fingerprint density at radius 3 is 2.57 bits per heavy atom.